The van der Waals surface area contributed by atoms with Crippen LogP contribution in [0.1, 0.15) is 37.9 Å². The smallest absolute Gasteiger partial charge is 0.325 e. The van der Waals surface area contributed by atoms with Crippen molar-refractivity contribution in [2.24, 2.45) is 0 Å². The van der Waals surface area contributed by atoms with Crippen LogP contribution in [0.25, 0.3) is 5.65 Å². The normalized spacial score (nSPS) is 11.0. The molecule has 1 aromatic carbocycles. The van der Waals surface area contributed by atoms with Crippen molar-refractivity contribution >= 4 is 17.4 Å². The molecule has 2 heterocycles. The molecule has 0 aliphatic carbocycles. The highest BCUT2D eigenvalue weighted by molar-refractivity contribution is 5.75. The summed E-state index contributed by atoms with van der Waals surface area (Å²) >= 11 is 0. The van der Waals surface area contributed by atoms with Crippen LogP contribution < -0.4 is 10.1 Å². The molecule has 1 N–H and O–H groups in total. The number of carbonyl (C=O) groups excluding carboxylic acids is 1. The molecule has 0 radical (unpaired) electrons. The van der Waals surface area contributed by atoms with Gasteiger partial charge in [0.05, 0.1) is 12.3 Å². The molecule has 27 heavy (non-hydrogen) atoms. The van der Waals surface area contributed by atoms with E-state index in [-0.39, 0.29) is 18.4 Å². The zero-order valence-electron chi connectivity index (χ0n) is 15.9. The van der Waals surface area contributed by atoms with Gasteiger partial charge < -0.3 is 14.8 Å². The van der Waals surface area contributed by atoms with Gasteiger partial charge in [-0.15, -0.1) is 0 Å². The number of esters is 1. The van der Waals surface area contributed by atoms with E-state index in [4.69, 9.17) is 14.5 Å². The van der Waals surface area contributed by atoms with Crippen LogP contribution in [-0.4, -0.2) is 28.5 Å². The number of nitrogens with one attached hydrogen (secondary N) is 1. The van der Waals surface area contributed by atoms with Crippen molar-refractivity contribution in [1.29, 1.82) is 0 Å². The van der Waals surface area contributed by atoms with Crippen molar-refractivity contribution in [3.63, 3.8) is 0 Å². The quantitative estimate of drug-likeness (QED) is 0.610. The van der Waals surface area contributed by atoms with Crippen LogP contribution >= 0.6 is 0 Å². The summed E-state index contributed by atoms with van der Waals surface area (Å²) in [5.41, 5.74) is 2.70. The SMILES string of the molecule is CCOC(=O)CNc1c(C(C)C)nc2c(OCc3ccccc3)cccn12. The Morgan fingerprint density at radius 1 is 1.19 bits per heavy atom. The minimum atomic E-state index is -0.293. The molecule has 3 aromatic rings. The van der Waals surface area contributed by atoms with Crippen LogP contribution in [0, 0.1) is 0 Å². The molecule has 0 atom stereocenters. The Morgan fingerprint density at radius 2 is 1.96 bits per heavy atom. The molecule has 0 aliphatic rings. The number of benzene rings is 1. The largest absolute Gasteiger partial charge is 0.485 e. The molecular formula is C21H25N3O3. The van der Waals surface area contributed by atoms with Crippen molar-refractivity contribution < 1.29 is 14.3 Å². The van der Waals surface area contributed by atoms with Gasteiger partial charge in [-0.3, -0.25) is 9.20 Å². The van der Waals surface area contributed by atoms with Gasteiger partial charge in [0.25, 0.3) is 0 Å². The molecule has 0 bridgehead atoms. The van der Waals surface area contributed by atoms with E-state index in [9.17, 15) is 4.79 Å². The number of carbonyl (C=O) groups is 1. The van der Waals surface area contributed by atoms with E-state index < -0.39 is 0 Å². The maximum Gasteiger partial charge on any atom is 0.325 e. The van der Waals surface area contributed by atoms with Crippen molar-refractivity contribution in [2.45, 2.75) is 33.3 Å². The van der Waals surface area contributed by atoms with Gasteiger partial charge in [0, 0.05) is 6.20 Å². The molecule has 2 aromatic heterocycles. The number of hydrogen-bond donors (Lipinski definition) is 1. The summed E-state index contributed by atoms with van der Waals surface area (Å²) in [4.78, 5) is 16.5. The highest BCUT2D eigenvalue weighted by atomic mass is 16.5. The maximum absolute atomic E-state index is 11.7. The number of hydrogen-bond acceptors (Lipinski definition) is 5. The van der Waals surface area contributed by atoms with Crippen LogP contribution in [-0.2, 0) is 16.1 Å². The lowest BCUT2D eigenvalue weighted by molar-refractivity contribution is -0.140. The highest BCUT2D eigenvalue weighted by Crippen LogP contribution is 2.30. The Labute approximate surface area is 159 Å². The fourth-order valence-corrected chi connectivity index (χ4v) is 2.85. The fraction of sp³-hybridized carbons (Fsp3) is 0.333. The lowest BCUT2D eigenvalue weighted by Crippen LogP contribution is -2.18. The summed E-state index contributed by atoms with van der Waals surface area (Å²) in [6.07, 6.45) is 1.91. The molecule has 0 spiro atoms. The molecule has 0 amide bonds. The van der Waals surface area contributed by atoms with Gasteiger partial charge in [0.2, 0.25) is 0 Å². The van der Waals surface area contributed by atoms with E-state index in [0.717, 1.165) is 22.7 Å². The Hall–Kier alpha value is -3.02. The Kier molecular flexibility index (Phi) is 5.96. The van der Waals surface area contributed by atoms with Gasteiger partial charge in [-0.05, 0) is 30.5 Å². The lowest BCUT2D eigenvalue weighted by Gasteiger charge is -2.10. The second kappa shape index (κ2) is 8.58. The average Bonchev–Trinajstić information content (AvgIpc) is 3.05. The Morgan fingerprint density at radius 3 is 2.67 bits per heavy atom. The Balaban J connectivity index is 1.88. The molecule has 3 rings (SSSR count). The van der Waals surface area contributed by atoms with Gasteiger partial charge in [-0.25, -0.2) is 4.98 Å². The monoisotopic (exact) mass is 367 g/mol. The predicted octanol–water partition coefficient (Wildman–Crippen LogP) is 4.01. The van der Waals surface area contributed by atoms with Crippen LogP contribution in [0.2, 0.25) is 0 Å². The lowest BCUT2D eigenvalue weighted by atomic mass is 10.1. The van der Waals surface area contributed by atoms with Crippen LogP contribution in [0.4, 0.5) is 5.82 Å². The molecule has 6 heteroatoms. The number of nitrogens with zero attached hydrogens (tertiary/aromatic N) is 2. The number of anilines is 1. The van der Waals surface area contributed by atoms with Crippen LogP contribution in [0.3, 0.4) is 0 Å². The minimum Gasteiger partial charge on any atom is -0.485 e. The highest BCUT2D eigenvalue weighted by Gasteiger charge is 2.18. The van der Waals surface area contributed by atoms with Crippen molar-refractivity contribution in [3.8, 4) is 5.75 Å². The summed E-state index contributed by atoms with van der Waals surface area (Å²) in [6.45, 7) is 6.86. The molecule has 0 aliphatic heterocycles. The third kappa shape index (κ3) is 4.39. The number of pyridine rings is 1. The predicted molar refractivity (Wildman–Crippen MR) is 105 cm³/mol. The first kappa shape index (κ1) is 18.8. The van der Waals surface area contributed by atoms with Gasteiger partial charge >= 0.3 is 5.97 Å². The van der Waals surface area contributed by atoms with E-state index in [1.807, 2.05) is 53.1 Å². The van der Waals surface area contributed by atoms with Crippen LogP contribution in [0.5, 0.6) is 5.75 Å². The molecule has 0 saturated heterocycles. The summed E-state index contributed by atoms with van der Waals surface area (Å²) < 4.78 is 12.9. The zero-order valence-corrected chi connectivity index (χ0v) is 15.9. The van der Waals surface area contributed by atoms with Gasteiger partial charge in [0.1, 0.15) is 19.0 Å². The fourth-order valence-electron chi connectivity index (χ4n) is 2.85. The van der Waals surface area contributed by atoms with Crippen molar-refractivity contribution in [3.05, 3.63) is 59.9 Å². The zero-order chi connectivity index (χ0) is 19.2. The molecule has 0 fully saturated rings. The molecular weight excluding hydrogens is 342 g/mol. The van der Waals surface area contributed by atoms with Crippen molar-refractivity contribution in [1.82, 2.24) is 9.38 Å². The van der Waals surface area contributed by atoms with E-state index >= 15 is 0 Å². The first-order valence-electron chi connectivity index (χ1n) is 9.17. The third-order valence-corrected chi connectivity index (χ3v) is 4.13. The minimum absolute atomic E-state index is 0.0937. The standard InChI is InChI=1S/C21H25N3O3/c1-4-26-18(25)13-22-21-19(15(2)3)23-20-17(11-8-12-24(20)21)27-14-16-9-6-5-7-10-16/h5-12,15,22H,4,13-14H2,1-3H3. The number of ether oxygens (including phenoxy) is 2. The van der Waals surface area contributed by atoms with Crippen molar-refractivity contribution in [2.75, 3.05) is 18.5 Å². The second-order valence-corrected chi connectivity index (χ2v) is 6.50. The second-order valence-electron chi connectivity index (χ2n) is 6.50. The third-order valence-electron chi connectivity index (χ3n) is 4.13. The summed E-state index contributed by atoms with van der Waals surface area (Å²) in [5, 5.41) is 3.17. The summed E-state index contributed by atoms with van der Waals surface area (Å²) in [7, 11) is 0. The van der Waals surface area contributed by atoms with E-state index in [1.165, 1.54) is 0 Å². The van der Waals surface area contributed by atoms with E-state index in [1.54, 1.807) is 6.92 Å². The van der Waals surface area contributed by atoms with Crippen LogP contribution in [0.15, 0.2) is 48.7 Å². The number of rotatable bonds is 8. The van der Waals surface area contributed by atoms with E-state index in [0.29, 0.717) is 19.0 Å². The Bertz CT molecular complexity index is 904. The molecule has 6 nitrogen and oxygen atoms in total. The first-order valence-corrected chi connectivity index (χ1v) is 9.17. The number of aromatic nitrogens is 2. The summed E-state index contributed by atoms with van der Waals surface area (Å²) in [6, 6.07) is 13.8. The van der Waals surface area contributed by atoms with Gasteiger partial charge in [0.15, 0.2) is 11.4 Å². The van der Waals surface area contributed by atoms with Gasteiger partial charge in [-0.2, -0.15) is 0 Å². The molecule has 142 valence electrons. The van der Waals surface area contributed by atoms with E-state index in [2.05, 4.69) is 19.2 Å². The number of imidazole rings is 1. The van der Waals surface area contributed by atoms with Gasteiger partial charge in [-0.1, -0.05) is 44.2 Å². The maximum atomic E-state index is 11.7. The number of fused-ring (bicyclic) bond motifs is 1. The summed E-state index contributed by atoms with van der Waals surface area (Å²) in [5.74, 6) is 1.39. The molecule has 0 unspecified atom stereocenters. The topological polar surface area (TPSA) is 64.9 Å². The first-order chi connectivity index (χ1) is 13.1. The molecule has 0 saturated carbocycles. The average molecular weight is 367 g/mol.